The van der Waals surface area contributed by atoms with Crippen LogP contribution in [-0.2, 0) is 11.3 Å². The van der Waals surface area contributed by atoms with Crippen LogP contribution in [0.25, 0.3) is 10.2 Å². The van der Waals surface area contributed by atoms with E-state index in [1.807, 2.05) is 17.5 Å². The minimum absolute atomic E-state index is 0.0997. The fourth-order valence-electron chi connectivity index (χ4n) is 3.57. The van der Waals surface area contributed by atoms with Crippen molar-refractivity contribution in [2.24, 2.45) is 0 Å². The molecule has 156 valence electrons. The summed E-state index contributed by atoms with van der Waals surface area (Å²) in [7, 11) is 0. The second-order valence-corrected chi connectivity index (χ2v) is 9.01. The van der Waals surface area contributed by atoms with Gasteiger partial charge in [0.25, 0.3) is 5.56 Å². The lowest BCUT2D eigenvalue weighted by atomic mass is 10.1. The first-order chi connectivity index (χ1) is 14.7. The minimum Gasteiger partial charge on any atom is -0.372 e. The number of amides is 1. The van der Waals surface area contributed by atoms with Crippen LogP contribution >= 0.6 is 23.1 Å². The van der Waals surface area contributed by atoms with Gasteiger partial charge >= 0.3 is 0 Å². The first kappa shape index (κ1) is 20.7. The van der Waals surface area contributed by atoms with Crippen LogP contribution in [-0.4, -0.2) is 34.3 Å². The number of piperidine rings is 1. The Bertz CT molecular complexity index is 1100. The van der Waals surface area contributed by atoms with Crippen LogP contribution in [0, 0.1) is 0 Å². The molecule has 0 saturated carbocycles. The third-order valence-corrected chi connectivity index (χ3v) is 6.85. The molecule has 0 bridgehead atoms. The van der Waals surface area contributed by atoms with Crippen molar-refractivity contribution in [2.75, 3.05) is 29.1 Å². The summed E-state index contributed by atoms with van der Waals surface area (Å²) in [6.07, 6.45) is 5.43. The second kappa shape index (κ2) is 9.49. The molecular weight excluding hydrogens is 416 g/mol. The fraction of sp³-hybridized carbons (Fsp3) is 0.318. The number of anilines is 2. The predicted molar refractivity (Wildman–Crippen MR) is 126 cm³/mol. The van der Waals surface area contributed by atoms with Crippen LogP contribution < -0.4 is 15.8 Å². The Kier molecular flexibility index (Phi) is 6.54. The Morgan fingerprint density at radius 2 is 1.97 bits per heavy atom. The van der Waals surface area contributed by atoms with Crippen molar-refractivity contribution < 1.29 is 4.79 Å². The summed E-state index contributed by atoms with van der Waals surface area (Å²) in [5, 5.41) is 5.92. The van der Waals surface area contributed by atoms with Crippen molar-refractivity contribution in [1.82, 2.24) is 9.55 Å². The van der Waals surface area contributed by atoms with Crippen LogP contribution in [0.4, 0.5) is 11.4 Å². The molecule has 8 heteroatoms. The number of fused-ring (bicyclic) bond motifs is 1. The lowest BCUT2D eigenvalue weighted by Gasteiger charge is -2.28. The summed E-state index contributed by atoms with van der Waals surface area (Å²) in [5.74, 6) is 0.0466. The maximum absolute atomic E-state index is 12.7. The molecule has 1 N–H and O–H groups in total. The molecular formula is C22H24N4O2S2. The molecule has 1 saturated heterocycles. The van der Waals surface area contributed by atoms with Crippen LogP contribution in [0.15, 0.2) is 58.3 Å². The highest BCUT2D eigenvalue weighted by Crippen LogP contribution is 2.23. The van der Waals surface area contributed by atoms with Crippen molar-refractivity contribution in [1.29, 1.82) is 0 Å². The standard InChI is InChI=1S/C22H24N4O2S2/c1-2-11-26-21(28)18-10-14-29-20(18)24-22(26)30-15-19(27)23-16-6-8-17(9-7-16)25-12-4-3-5-13-25/h2,6-10,14H,1,3-5,11-13,15H2,(H,23,27). The number of nitrogens with one attached hydrogen (secondary N) is 1. The maximum atomic E-state index is 12.7. The zero-order valence-corrected chi connectivity index (χ0v) is 18.3. The van der Waals surface area contributed by atoms with Gasteiger partial charge < -0.3 is 10.2 Å². The molecule has 30 heavy (non-hydrogen) atoms. The summed E-state index contributed by atoms with van der Waals surface area (Å²) >= 11 is 2.69. The van der Waals surface area contributed by atoms with Crippen molar-refractivity contribution in [2.45, 2.75) is 31.0 Å². The summed E-state index contributed by atoms with van der Waals surface area (Å²) in [4.78, 5) is 32.8. The molecule has 6 nitrogen and oxygen atoms in total. The summed E-state index contributed by atoms with van der Waals surface area (Å²) < 4.78 is 1.56. The molecule has 1 fully saturated rings. The zero-order valence-electron chi connectivity index (χ0n) is 16.7. The van der Waals surface area contributed by atoms with Crippen LogP contribution in [0.1, 0.15) is 19.3 Å². The Hall–Kier alpha value is -2.58. The van der Waals surface area contributed by atoms with E-state index in [9.17, 15) is 9.59 Å². The highest BCUT2D eigenvalue weighted by atomic mass is 32.2. The van der Waals surface area contributed by atoms with Gasteiger partial charge in [0.1, 0.15) is 4.83 Å². The monoisotopic (exact) mass is 440 g/mol. The van der Waals surface area contributed by atoms with E-state index in [0.717, 1.165) is 18.8 Å². The van der Waals surface area contributed by atoms with Gasteiger partial charge in [-0.15, -0.1) is 17.9 Å². The lowest BCUT2D eigenvalue weighted by Crippen LogP contribution is -2.29. The number of carbonyl (C=O) groups excluding carboxylic acids is 1. The smallest absolute Gasteiger partial charge is 0.263 e. The van der Waals surface area contributed by atoms with Gasteiger partial charge in [-0.3, -0.25) is 14.2 Å². The first-order valence-corrected chi connectivity index (χ1v) is 11.9. The first-order valence-electron chi connectivity index (χ1n) is 10.0. The number of allylic oxidation sites excluding steroid dienone is 1. The van der Waals surface area contributed by atoms with Crippen LogP contribution in [0.5, 0.6) is 0 Å². The number of nitrogens with zero attached hydrogens (tertiary/aromatic N) is 3. The third kappa shape index (κ3) is 4.60. The van der Waals surface area contributed by atoms with E-state index >= 15 is 0 Å². The van der Waals surface area contributed by atoms with E-state index in [1.54, 1.807) is 16.7 Å². The predicted octanol–water partition coefficient (Wildman–Crippen LogP) is 4.37. The van der Waals surface area contributed by atoms with Gasteiger partial charge in [-0.25, -0.2) is 4.98 Å². The quantitative estimate of drug-likeness (QED) is 0.336. The normalized spacial score (nSPS) is 14.1. The second-order valence-electron chi connectivity index (χ2n) is 7.17. The number of aromatic nitrogens is 2. The van der Waals surface area contributed by atoms with Gasteiger partial charge in [0, 0.05) is 31.0 Å². The van der Waals surface area contributed by atoms with E-state index in [1.165, 1.54) is 48.0 Å². The summed E-state index contributed by atoms with van der Waals surface area (Å²) in [6.45, 7) is 6.27. The number of thioether (sulfide) groups is 1. The van der Waals surface area contributed by atoms with Crippen molar-refractivity contribution in [3.63, 3.8) is 0 Å². The van der Waals surface area contributed by atoms with E-state index < -0.39 is 0 Å². The minimum atomic E-state index is -0.128. The van der Waals surface area contributed by atoms with Crippen LogP contribution in [0.3, 0.4) is 0 Å². The Balaban J connectivity index is 1.40. The topological polar surface area (TPSA) is 67.2 Å². The Morgan fingerprint density at radius 3 is 2.70 bits per heavy atom. The average molecular weight is 441 g/mol. The molecule has 0 aliphatic carbocycles. The van der Waals surface area contributed by atoms with Gasteiger partial charge in [0.2, 0.25) is 5.91 Å². The molecule has 0 radical (unpaired) electrons. The zero-order chi connectivity index (χ0) is 20.9. The highest BCUT2D eigenvalue weighted by Gasteiger charge is 2.14. The largest absolute Gasteiger partial charge is 0.372 e. The molecule has 3 heterocycles. The lowest BCUT2D eigenvalue weighted by molar-refractivity contribution is -0.113. The van der Waals surface area contributed by atoms with Crippen molar-refractivity contribution >= 4 is 50.6 Å². The molecule has 0 spiro atoms. The van der Waals surface area contributed by atoms with Gasteiger partial charge in [0.15, 0.2) is 5.16 Å². The van der Waals surface area contributed by atoms with Gasteiger partial charge in [0.05, 0.1) is 11.1 Å². The molecule has 1 aliphatic rings. The molecule has 1 aliphatic heterocycles. The van der Waals surface area contributed by atoms with E-state index in [2.05, 4.69) is 33.9 Å². The molecule has 1 amide bonds. The maximum Gasteiger partial charge on any atom is 0.263 e. The number of benzene rings is 1. The SMILES string of the molecule is C=CCn1c(SCC(=O)Nc2ccc(N3CCCCC3)cc2)nc2sccc2c1=O. The molecule has 4 rings (SSSR count). The number of rotatable bonds is 7. The summed E-state index contributed by atoms with van der Waals surface area (Å²) in [6, 6.07) is 9.78. The molecule has 0 unspecified atom stereocenters. The fourth-order valence-corrected chi connectivity index (χ4v) is 5.18. The number of carbonyl (C=O) groups is 1. The van der Waals surface area contributed by atoms with Crippen molar-refractivity contribution in [3.8, 4) is 0 Å². The number of thiophene rings is 1. The number of hydrogen-bond donors (Lipinski definition) is 1. The average Bonchev–Trinajstić information content (AvgIpc) is 3.25. The van der Waals surface area contributed by atoms with E-state index in [0.29, 0.717) is 21.9 Å². The van der Waals surface area contributed by atoms with E-state index in [4.69, 9.17) is 0 Å². The molecule has 3 aromatic rings. The highest BCUT2D eigenvalue weighted by molar-refractivity contribution is 7.99. The molecule has 2 aromatic heterocycles. The molecule has 0 atom stereocenters. The Labute approximate surface area is 183 Å². The van der Waals surface area contributed by atoms with Crippen molar-refractivity contribution in [3.05, 3.63) is 58.7 Å². The Morgan fingerprint density at radius 1 is 1.20 bits per heavy atom. The summed E-state index contributed by atoms with van der Waals surface area (Å²) in [5.41, 5.74) is 1.87. The third-order valence-electron chi connectivity index (χ3n) is 5.06. The van der Waals surface area contributed by atoms with Gasteiger partial charge in [-0.05, 0) is 55.0 Å². The van der Waals surface area contributed by atoms with Crippen LogP contribution in [0.2, 0.25) is 0 Å². The van der Waals surface area contributed by atoms with Gasteiger partial charge in [-0.1, -0.05) is 17.8 Å². The molecule has 1 aromatic carbocycles. The van der Waals surface area contributed by atoms with Gasteiger partial charge in [-0.2, -0.15) is 0 Å². The van der Waals surface area contributed by atoms with E-state index in [-0.39, 0.29) is 17.2 Å². The number of hydrogen-bond acceptors (Lipinski definition) is 6.